The molecule has 14 heavy (non-hydrogen) atoms. The molecular weight excluding hydrogens is 194 g/mol. The zero-order valence-corrected chi connectivity index (χ0v) is 10.8. The Kier molecular flexibility index (Phi) is 6.29. The molecule has 0 unspecified atom stereocenters. The maximum absolute atomic E-state index is 11.7. The summed E-state index contributed by atoms with van der Waals surface area (Å²) < 4.78 is 14.6. The normalized spacial score (nSPS) is 17.2. The van der Waals surface area contributed by atoms with Gasteiger partial charge in [-0.2, -0.15) is 0 Å². The molecule has 0 fully saturated rings. The maximum Gasteiger partial charge on any atom is 0.0972 e. The fourth-order valence-electron chi connectivity index (χ4n) is 0.931. The standard InChI is InChI=1S/C11H23NOS/c1-6-7-8-9-10(2)12-14(13)11(3,4)5/h6-7,10,12H,8-9H2,1-5H3/b7-6-/t10-,14-/m1/s1. The van der Waals surface area contributed by atoms with Gasteiger partial charge in [-0.25, -0.2) is 8.93 Å². The van der Waals surface area contributed by atoms with Crippen molar-refractivity contribution in [3.05, 3.63) is 12.2 Å². The molecule has 0 radical (unpaired) electrons. The largest absolute Gasteiger partial charge is 0.242 e. The smallest absolute Gasteiger partial charge is 0.0972 e. The highest BCUT2D eigenvalue weighted by molar-refractivity contribution is 7.84. The Labute approximate surface area is 90.8 Å². The van der Waals surface area contributed by atoms with E-state index in [1.807, 2.05) is 33.8 Å². The summed E-state index contributed by atoms with van der Waals surface area (Å²) in [5.41, 5.74) is 0. The van der Waals surface area contributed by atoms with E-state index in [1.165, 1.54) is 0 Å². The van der Waals surface area contributed by atoms with Gasteiger partial charge in [0.05, 0.1) is 15.7 Å². The van der Waals surface area contributed by atoms with Gasteiger partial charge < -0.3 is 0 Å². The molecule has 0 bridgehead atoms. The van der Waals surface area contributed by atoms with Crippen molar-refractivity contribution in [2.75, 3.05) is 0 Å². The minimum absolute atomic E-state index is 0.172. The molecule has 0 saturated carbocycles. The van der Waals surface area contributed by atoms with Crippen molar-refractivity contribution in [1.82, 2.24) is 4.72 Å². The zero-order valence-electron chi connectivity index (χ0n) is 9.96. The van der Waals surface area contributed by atoms with Crippen LogP contribution in [0.4, 0.5) is 0 Å². The molecule has 3 heteroatoms. The van der Waals surface area contributed by atoms with Gasteiger partial charge in [0, 0.05) is 6.04 Å². The van der Waals surface area contributed by atoms with Gasteiger partial charge in [0.25, 0.3) is 0 Å². The fraction of sp³-hybridized carbons (Fsp3) is 0.818. The van der Waals surface area contributed by atoms with E-state index in [0.717, 1.165) is 12.8 Å². The molecule has 0 aliphatic heterocycles. The number of allylic oxidation sites excluding steroid dienone is 2. The van der Waals surface area contributed by atoms with Crippen LogP contribution in [0.5, 0.6) is 0 Å². The van der Waals surface area contributed by atoms with Crippen LogP contribution in [0.2, 0.25) is 0 Å². The Hall–Kier alpha value is -0.150. The summed E-state index contributed by atoms with van der Waals surface area (Å²) in [4.78, 5) is 0. The highest BCUT2D eigenvalue weighted by atomic mass is 32.2. The molecule has 0 aliphatic carbocycles. The first kappa shape index (κ1) is 13.8. The second-order valence-corrected chi connectivity index (χ2v) is 6.54. The number of hydrogen-bond acceptors (Lipinski definition) is 1. The van der Waals surface area contributed by atoms with E-state index in [1.54, 1.807) is 0 Å². The first-order valence-electron chi connectivity index (χ1n) is 5.17. The summed E-state index contributed by atoms with van der Waals surface area (Å²) in [6.45, 7) is 10.0. The van der Waals surface area contributed by atoms with Crippen molar-refractivity contribution in [1.29, 1.82) is 0 Å². The minimum Gasteiger partial charge on any atom is -0.242 e. The average molecular weight is 217 g/mol. The lowest BCUT2D eigenvalue weighted by Crippen LogP contribution is -2.38. The molecule has 0 aliphatic rings. The topological polar surface area (TPSA) is 29.1 Å². The van der Waals surface area contributed by atoms with Crippen molar-refractivity contribution in [3.63, 3.8) is 0 Å². The van der Waals surface area contributed by atoms with E-state index < -0.39 is 11.0 Å². The van der Waals surface area contributed by atoms with Crippen molar-refractivity contribution in [2.45, 2.75) is 58.2 Å². The van der Waals surface area contributed by atoms with Gasteiger partial charge in [0.1, 0.15) is 0 Å². The molecule has 84 valence electrons. The van der Waals surface area contributed by atoms with Gasteiger partial charge in [0.2, 0.25) is 0 Å². The van der Waals surface area contributed by atoms with Gasteiger partial charge in [-0.05, 0) is 47.5 Å². The molecule has 0 saturated heterocycles. The predicted molar refractivity (Wildman–Crippen MR) is 64.5 cm³/mol. The molecule has 0 aromatic carbocycles. The summed E-state index contributed by atoms with van der Waals surface area (Å²) in [5, 5.41) is 0. The lowest BCUT2D eigenvalue weighted by atomic mass is 10.2. The summed E-state index contributed by atoms with van der Waals surface area (Å²) in [7, 11) is -0.947. The van der Waals surface area contributed by atoms with E-state index in [2.05, 4.69) is 17.7 Å². The van der Waals surface area contributed by atoms with Crippen LogP contribution < -0.4 is 4.72 Å². The van der Waals surface area contributed by atoms with E-state index in [0.29, 0.717) is 6.04 Å². The van der Waals surface area contributed by atoms with Crippen molar-refractivity contribution in [2.24, 2.45) is 0 Å². The molecule has 0 spiro atoms. The quantitative estimate of drug-likeness (QED) is 0.705. The second kappa shape index (κ2) is 6.36. The van der Waals surface area contributed by atoms with Crippen molar-refractivity contribution < 1.29 is 4.21 Å². The molecule has 0 rings (SSSR count). The minimum atomic E-state index is -0.947. The monoisotopic (exact) mass is 217 g/mol. The summed E-state index contributed by atoms with van der Waals surface area (Å²) in [5.74, 6) is 0. The van der Waals surface area contributed by atoms with Crippen molar-refractivity contribution in [3.8, 4) is 0 Å². The predicted octanol–water partition coefficient (Wildman–Crippen LogP) is 2.78. The van der Waals surface area contributed by atoms with E-state index >= 15 is 0 Å². The van der Waals surface area contributed by atoms with Gasteiger partial charge in [-0.15, -0.1) is 0 Å². The third-order valence-electron chi connectivity index (χ3n) is 1.87. The molecule has 0 aromatic rings. The third-order valence-corrected chi connectivity index (χ3v) is 3.60. The van der Waals surface area contributed by atoms with Crippen LogP contribution in [-0.4, -0.2) is 15.0 Å². The van der Waals surface area contributed by atoms with Crippen LogP contribution in [0.3, 0.4) is 0 Å². The van der Waals surface area contributed by atoms with E-state index in [4.69, 9.17) is 0 Å². The van der Waals surface area contributed by atoms with Crippen LogP contribution in [0.1, 0.15) is 47.5 Å². The second-order valence-electron chi connectivity index (χ2n) is 4.55. The van der Waals surface area contributed by atoms with Crippen LogP contribution in [-0.2, 0) is 11.0 Å². The Morgan fingerprint density at radius 1 is 1.43 bits per heavy atom. The average Bonchev–Trinajstić information content (AvgIpc) is 2.03. The third kappa shape index (κ3) is 6.33. The number of hydrogen-bond donors (Lipinski definition) is 1. The van der Waals surface area contributed by atoms with Crippen molar-refractivity contribution >= 4 is 11.0 Å². The summed E-state index contributed by atoms with van der Waals surface area (Å²) >= 11 is 0. The Bertz CT molecular complexity index is 206. The van der Waals surface area contributed by atoms with Crippen LogP contribution in [0.25, 0.3) is 0 Å². The molecular formula is C11H23NOS. The fourth-order valence-corrected chi connectivity index (χ4v) is 1.77. The van der Waals surface area contributed by atoms with E-state index in [-0.39, 0.29) is 4.75 Å². The van der Waals surface area contributed by atoms with Gasteiger partial charge >= 0.3 is 0 Å². The zero-order chi connectivity index (χ0) is 11.2. The Balaban J connectivity index is 3.83. The number of rotatable bonds is 5. The summed E-state index contributed by atoms with van der Waals surface area (Å²) in [6, 6.07) is 0.311. The summed E-state index contributed by atoms with van der Waals surface area (Å²) in [6.07, 6.45) is 6.27. The van der Waals surface area contributed by atoms with Crippen LogP contribution in [0.15, 0.2) is 12.2 Å². The molecule has 0 amide bonds. The first-order valence-corrected chi connectivity index (χ1v) is 6.32. The lowest BCUT2D eigenvalue weighted by molar-refractivity contribution is 0.585. The molecule has 0 aromatic heterocycles. The van der Waals surface area contributed by atoms with Crippen LogP contribution >= 0.6 is 0 Å². The lowest BCUT2D eigenvalue weighted by Gasteiger charge is -2.21. The maximum atomic E-state index is 11.7. The van der Waals surface area contributed by atoms with Gasteiger partial charge in [-0.1, -0.05) is 12.2 Å². The van der Waals surface area contributed by atoms with Gasteiger partial charge in [-0.3, -0.25) is 0 Å². The molecule has 2 nitrogen and oxygen atoms in total. The highest BCUT2D eigenvalue weighted by Crippen LogP contribution is 2.10. The first-order chi connectivity index (χ1) is 6.38. The Morgan fingerprint density at radius 3 is 2.43 bits per heavy atom. The van der Waals surface area contributed by atoms with Crippen LogP contribution in [0, 0.1) is 0 Å². The molecule has 1 N–H and O–H groups in total. The SMILES string of the molecule is C/C=C\CC[C@@H](C)N[S@](=O)C(C)(C)C. The Morgan fingerprint density at radius 2 is 2.00 bits per heavy atom. The molecule has 2 atom stereocenters. The van der Waals surface area contributed by atoms with Gasteiger partial charge in [0.15, 0.2) is 0 Å². The highest BCUT2D eigenvalue weighted by Gasteiger charge is 2.20. The molecule has 0 heterocycles. The number of nitrogens with one attached hydrogen (secondary N) is 1. The van der Waals surface area contributed by atoms with E-state index in [9.17, 15) is 4.21 Å².